The van der Waals surface area contributed by atoms with Crippen molar-refractivity contribution in [3.8, 4) is 11.5 Å². The van der Waals surface area contributed by atoms with E-state index in [2.05, 4.69) is 5.10 Å². The van der Waals surface area contributed by atoms with Crippen LogP contribution in [0.2, 0.25) is 0 Å². The third-order valence-corrected chi connectivity index (χ3v) is 4.92. The number of amides is 1. The summed E-state index contributed by atoms with van der Waals surface area (Å²) in [4.78, 5) is 13.1. The summed E-state index contributed by atoms with van der Waals surface area (Å²) in [5, 5.41) is 5.46. The number of thiocarbonyl (C=S) groups is 1. The lowest BCUT2D eigenvalue weighted by molar-refractivity contribution is -0.122. The highest BCUT2D eigenvalue weighted by Gasteiger charge is 2.32. The fourth-order valence-electron chi connectivity index (χ4n) is 2.30. The van der Waals surface area contributed by atoms with E-state index in [0.29, 0.717) is 15.0 Å². The fraction of sp³-hybridized carbons (Fsp3) is 0.105. The summed E-state index contributed by atoms with van der Waals surface area (Å²) >= 11 is 6.51. The summed E-state index contributed by atoms with van der Waals surface area (Å²) < 4.78 is 10.8. The van der Waals surface area contributed by atoms with Crippen molar-refractivity contribution in [3.05, 3.63) is 64.6 Å². The van der Waals surface area contributed by atoms with Crippen molar-refractivity contribution in [1.29, 1.82) is 0 Å². The molecule has 1 aliphatic rings. The van der Waals surface area contributed by atoms with Crippen molar-refractivity contribution in [3.63, 3.8) is 0 Å². The molecule has 0 aliphatic carbocycles. The van der Waals surface area contributed by atoms with E-state index in [0.717, 1.165) is 16.9 Å². The molecule has 2 aromatic rings. The smallest absolute Gasteiger partial charge is 0.286 e. The first-order valence-corrected chi connectivity index (χ1v) is 8.94. The monoisotopic (exact) mass is 384 g/mol. The number of methoxy groups -OCH3 is 2. The number of para-hydroxylation sites is 1. The molecule has 132 valence electrons. The molecule has 0 aromatic heterocycles. The molecule has 3 rings (SSSR count). The number of benzene rings is 2. The minimum Gasteiger partial charge on any atom is -0.497 e. The molecule has 1 amide bonds. The van der Waals surface area contributed by atoms with Crippen LogP contribution in [0, 0.1) is 0 Å². The zero-order valence-electron chi connectivity index (χ0n) is 14.2. The van der Waals surface area contributed by atoms with E-state index in [1.165, 1.54) is 16.8 Å². The van der Waals surface area contributed by atoms with Gasteiger partial charge in [-0.15, -0.1) is 0 Å². The predicted octanol–water partition coefficient (Wildman–Crippen LogP) is 3.94. The topological polar surface area (TPSA) is 51.1 Å². The minimum atomic E-state index is -0.254. The third-order valence-electron chi connectivity index (χ3n) is 3.64. The molecule has 0 atom stereocenters. The Balaban J connectivity index is 1.80. The van der Waals surface area contributed by atoms with Crippen LogP contribution >= 0.6 is 24.0 Å². The van der Waals surface area contributed by atoms with Crippen molar-refractivity contribution >= 4 is 46.5 Å². The van der Waals surface area contributed by atoms with E-state index in [-0.39, 0.29) is 5.91 Å². The van der Waals surface area contributed by atoms with Gasteiger partial charge in [-0.2, -0.15) is 10.1 Å². The van der Waals surface area contributed by atoms with Gasteiger partial charge in [0.1, 0.15) is 11.5 Å². The van der Waals surface area contributed by atoms with Crippen LogP contribution in [0.1, 0.15) is 11.1 Å². The molecule has 1 fully saturated rings. The van der Waals surface area contributed by atoms with Crippen LogP contribution in [-0.2, 0) is 4.79 Å². The first-order valence-electron chi connectivity index (χ1n) is 7.71. The molecule has 2 aromatic carbocycles. The second-order valence-corrected chi connectivity index (χ2v) is 6.93. The third kappa shape index (κ3) is 3.95. The van der Waals surface area contributed by atoms with E-state index in [1.54, 1.807) is 26.5 Å². The summed E-state index contributed by atoms with van der Waals surface area (Å²) in [5.41, 5.74) is 1.66. The number of hydrogen-bond acceptors (Lipinski definition) is 6. The maximum absolute atomic E-state index is 12.6. The average Bonchev–Trinajstić information content (AvgIpc) is 2.94. The molecule has 5 nitrogen and oxygen atoms in total. The number of ether oxygens (including phenoxy) is 2. The molecule has 0 bridgehead atoms. The van der Waals surface area contributed by atoms with Crippen LogP contribution in [0.25, 0.3) is 6.08 Å². The SMILES string of the molecule is COc1ccc(C=NN2C(=O)C(=Cc3ccccc3OC)SC2=S)cc1. The average molecular weight is 384 g/mol. The molecule has 1 heterocycles. The van der Waals surface area contributed by atoms with E-state index in [1.807, 2.05) is 48.5 Å². The largest absolute Gasteiger partial charge is 0.497 e. The van der Waals surface area contributed by atoms with Crippen molar-refractivity contribution in [2.24, 2.45) is 5.10 Å². The number of nitrogens with zero attached hydrogens (tertiary/aromatic N) is 2. The van der Waals surface area contributed by atoms with E-state index in [9.17, 15) is 4.79 Å². The van der Waals surface area contributed by atoms with Gasteiger partial charge in [-0.1, -0.05) is 30.0 Å². The summed E-state index contributed by atoms with van der Waals surface area (Å²) in [5.74, 6) is 1.20. The van der Waals surface area contributed by atoms with E-state index in [4.69, 9.17) is 21.7 Å². The van der Waals surface area contributed by atoms with Crippen molar-refractivity contribution < 1.29 is 14.3 Å². The molecule has 0 radical (unpaired) electrons. The normalized spacial score (nSPS) is 15.9. The van der Waals surface area contributed by atoms with Gasteiger partial charge in [-0.3, -0.25) is 4.79 Å². The first kappa shape index (κ1) is 18.2. The molecule has 0 N–H and O–H groups in total. The Hall–Kier alpha value is -2.64. The Morgan fingerprint density at radius 1 is 1.08 bits per heavy atom. The number of carbonyl (C=O) groups excluding carboxylic acids is 1. The Kier molecular flexibility index (Phi) is 5.70. The number of thioether (sulfide) groups is 1. The van der Waals surface area contributed by atoms with Gasteiger partial charge in [0.2, 0.25) is 0 Å². The highest BCUT2D eigenvalue weighted by molar-refractivity contribution is 8.26. The van der Waals surface area contributed by atoms with Crippen molar-refractivity contribution in [2.45, 2.75) is 0 Å². The van der Waals surface area contributed by atoms with Crippen LogP contribution in [0.3, 0.4) is 0 Å². The minimum absolute atomic E-state index is 0.254. The van der Waals surface area contributed by atoms with E-state index < -0.39 is 0 Å². The number of rotatable bonds is 5. The Labute approximate surface area is 161 Å². The number of hydrogen-bond donors (Lipinski definition) is 0. The van der Waals surface area contributed by atoms with Crippen molar-refractivity contribution in [1.82, 2.24) is 5.01 Å². The zero-order chi connectivity index (χ0) is 18.5. The van der Waals surface area contributed by atoms with Gasteiger partial charge in [0.25, 0.3) is 5.91 Å². The Morgan fingerprint density at radius 3 is 2.50 bits per heavy atom. The standard InChI is InChI=1S/C19H16N2O3S2/c1-23-15-9-7-13(8-10-15)12-20-21-18(22)17(26-19(21)25)11-14-5-3-4-6-16(14)24-2/h3-12H,1-2H3. The predicted molar refractivity (Wildman–Crippen MR) is 109 cm³/mol. The lowest BCUT2D eigenvalue weighted by atomic mass is 10.2. The first-order chi connectivity index (χ1) is 12.6. The molecule has 0 saturated carbocycles. The Morgan fingerprint density at radius 2 is 1.81 bits per heavy atom. The zero-order valence-corrected chi connectivity index (χ0v) is 15.8. The summed E-state index contributed by atoms with van der Waals surface area (Å²) in [7, 11) is 3.20. The molecule has 26 heavy (non-hydrogen) atoms. The van der Waals surface area contributed by atoms with Gasteiger partial charge in [0, 0.05) is 5.56 Å². The maximum Gasteiger partial charge on any atom is 0.286 e. The van der Waals surface area contributed by atoms with Crippen LogP contribution < -0.4 is 9.47 Å². The highest BCUT2D eigenvalue weighted by atomic mass is 32.2. The summed E-state index contributed by atoms with van der Waals surface area (Å²) in [6.45, 7) is 0. The quantitative estimate of drug-likeness (QED) is 0.444. The highest BCUT2D eigenvalue weighted by Crippen LogP contribution is 2.34. The van der Waals surface area contributed by atoms with Crippen LogP contribution in [0.5, 0.6) is 11.5 Å². The van der Waals surface area contributed by atoms with E-state index >= 15 is 0 Å². The number of carbonyl (C=O) groups is 1. The van der Waals surface area contributed by atoms with Gasteiger partial charge in [-0.25, -0.2) is 0 Å². The molecular weight excluding hydrogens is 368 g/mol. The second kappa shape index (κ2) is 8.16. The van der Waals surface area contributed by atoms with Crippen LogP contribution in [0.4, 0.5) is 0 Å². The van der Waals surface area contributed by atoms with Crippen LogP contribution in [0.15, 0.2) is 58.5 Å². The van der Waals surface area contributed by atoms with Gasteiger partial charge in [0.05, 0.1) is 25.3 Å². The van der Waals surface area contributed by atoms with Gasteiger partial charge >= 0.3 is 0 Å². The molecule has 1 aliphatic heterocycles. The van der Waals surface area contributed by atoms with Crippen molar-refractivity contribution in [2.75, 3.05) is 14.2 Å². The maximum atomic E-state index is 12.6. The van der Waals surface area contributed by atoms with Gasteiger partial charge in [0.15, 0.2) is 4.32 Å². The van der Waals surface area contributed by atoms with Gasteiger partial charge in [-0.05, 0) is 54.2 Å². The molecule has 1 saturated heterocycles. The lowest BCUT2D eigenvalue weighted by Crippen LogP contribution is -2.22. The Bertz CT molecular complexity index is 892. The summed E-state index contributed by atoms with van der Waals surface area (Å²) in [6, 6.07) is 14.8. The summed E-state index contributed by atoms with van der Waals surface area (Å²) in [6.07, 6.45) is 3.36. The fourth-order valence-corrected chi connectivity index (χ4v) is 3.46. The second-order valence-electron chi connectivity index (χ2n) is 5.25. The molecule has 0 unspecified atom stereocenters. The van der Waals surface area contributed by atoms with Crippen LogP contribution in [-0.4, -0.2) is 35.7 Å². The molecule has 0 spiro atoms. The molecular formula is C19H16N2O3S2. The number of hydrazone groups is 1. The molecule has 7 heteroatoms. The lowest BCUT2D eigenvalue weighted by Gasteiger charge is -2.06. The van der Waals surface area contributed by atoms with Gasteiger partial charge < -0.3 is 9.47 Å².